The van der Waals surface area contributed by atoms with Crippen molar-refractivity contribution in [2.45, 2.75) is 26.2 Å². The molecule has 2 N–H and O–H groups in total. The Morgan fingerprint density at radius 3 is 2.25 bits per heavy atom. The number of carboxylic acid groups (broad SMARTS) is 1. The number of anilines is 2. The standard InChI is InChI=1S/C20H23NO3/c1-20(2,3)17-13-16(10-11-18(17)24-4)21-15-8-5-14(6-9-15)7-12-19(22)23/h5-13,21H,1-4H3,(H,22,23). The average molecular weight is 325 g/mol. The maximum absolute atomic E-state index is 10.5. The molecule has 2 aromatic rings. The van der Waals surface area contributed by atoms with Gasteiger partial charge >= 0.3 is 5.97 Å². The topological polar surface area (TPSA) is 58.6 Å². The Morgan fingerprint density at radius 2 is 1.71 bits per heavy atom. The Bertz CT molecular complexity index is 740. The van der Waals surface area contributed by atoms with Crippen LogP contribution >= 0.6 is 0 Å². The second-order valence-electron chi connectivity index (χ2n) is 6.58. The van der Waals surface area contributed by atoms with E-state index in [1.807, 2.05) is 36.4 Å². The van der Waals surface area contributed by atoms with Gasteiger partial charge in [0.25, 0.3) is 0 Å². The molecule has 4 heteroatoms. The van der Waals surface area contributed by atoms with Gasteiger partial charge in [-0.15, -0.1) is 0 Å². The second kappa shape index (κ2) is 7.21. The molecule has 126 valence electrons. The highest BCUT2D eigenvalue weighted by molar-refractivity contribution is 5.85. The van der Waals surface area contributed by atoms with Gasteiger partial charge in [-0.05, 0) is 47.4 Å². The number of carboxylic acids is 1. The molecular formula is C20H23NO3. The number of hydrogen-bond acceptors (Lipinski definition) is 3. The molecule has 0 aliphatic heterocycles. The zero-order chi connectivity index (χ0) is 17.7. The maximum atomic E-state index is 10.5. The van der Waals surface area contributed by atoms with E-state index in [0.717, 1.165) is 34.3 Å². The number of rotatable bonds is 5. The molecule has 0 aliphatic rings. The first-order valence-corrected chi connectivity index (χ1v) is 7.76. The summed E-state index contributed by atoms with van der Waals surface area (Å²) in [4.78, 5) is 10.5. The predicted octanol–water partition coefficient (Wildman–Crippen LogP) is 4.83. The fraction of sp³-hybridized carbons (Fsp3) is 0.250. The van der Waals surface area contributed by atoms with Crippen LogP contribution in [0.1, 0.15) is 31.9 Å². The number of benzene rings is 2. The molecule has 0 bridgehead atoms. The SMILES string of the molecule is COc1ccc(Nc2ccc(C=CC(=O)O)cc2)cc1C(C)(C)C. The van der Waals surface area contributed by atoms with Gasteiger partial charge in [0.2, 0.25) is 0 Å². The molecule has 0 aliphatic carbocycles. The van der Waals surface area contributed by atoms with Gasteiger partial charge in [0.15, 0.2) is 0 Å². The minimum absolute atomic E-state index is 0.0193. The van der Waals surface area contributed by atoms with Crippen molar-refractivity contribution in [1.29, 1.82) is 0 Å². The van der Waals surface area contributed by atoms with E-state index >= 15 is 0 Å². The van der Waals surface area contributed by atoms with Crippen molar-refractivity contribution in [2.75, 3.05) is 12.4 Å². The Morgan fingerprint density at radius 1 is 1.08 bits per heavy atom. The molecule has 0 atom stereocenters. The highest BCUT2D eigenvalue weighted by atomic mass is 16.5. The molecule has 2 aromatic carbocycles. The molecule has 0 saturated carbocycles. The molecule has 2 rings (SSSR count). The van der Waals surface area contributed by atoms with Crippen LogP contribution in [0.15, 0.2) is 48.5 Å². The molecule has 0 unspecified atom stereocenters. The third-order valence-electron chi connectivity index (χ3n) is 3.63. The quantitative estimate of drug-likeness (QED) is 0.773. The summed E-state index contributed by atoms with van der Waals surface area (Å²) in [5.41, 5.74) is 3.88. The van der Waals surface area contributed by atoms with Gasteiger partial charge in [-0.3, -0.25) is 0 Å². The van der Waals surface area contributed by atoms with Crippen LogP contribution in [0, 0.1) is 0 Å². The van der Waals surface area contributed by atoms with Gasteiger partial charge in [-0.2, -0.15) is 0 Å². The minimum Gasteiger partial charge on any atom is -0.496 e. The molecule has 0 radical (unpaired) electrons. The fourth-order valence-corrected chi connectivity index (χ4v) is 2.38. The molecule has 0 heterocycles. The van der Waals surface area contributed by atoms with Crippen molar-refractivity contribution < 1.29 is 14.6 Å². The first-order valence-electron chi connectivity index (χ1n) is 7.76. The van der Waals surface area contributed by atoms with E-state index < -0.39 is 5.97 Å². The van der Waals surface area contributed by atoms with Crippen LogP contribution in [0.25, 0.3) is 6.08 Å². The largest absolute Gasteiger partial charge is 0.496 e. The summed E-state index contributed by atoms with van der Waals surface area (Å²) in [6, 6.07) is 13.6. The highest BCUT2D eigenvalue weighted by Gasteiger charge is 2.19. The first-order chi connectivity index (χ1) is 11.3. The van der Waals surface area contributed by atoms with Crippen LogP contribution in [0.5, 0.6) is 5.75 Å². The van der Waals surface area contributed by atoms with E-state index in [2.05, 4.69) is 32.2 Å². The lowest BCUT2D eigenvalue weighted by atomic mass is 9.86. The van der Waals surface area contributed by atoms with Crippen LogP contribution in [0.2, 0.25) is 0 Å². The average Bonchev–Trinajstić information content (AvgIpc) is 2.53. The van der Waals surface area contributed by atoms with Crippen molar-refractivity contribution in [3.63, 3.8) is 0 Å². The zero-order valence-electron chi connectivity index (χ0n) is 14.5. The van der Waals surface area contributed by atoms with Crippen LogP contribution in [-0.2, 0) is 10.2 Å². The molecule has 24 heavy (non-hydrogen) atoms. The predicted molar refractivity (Wildman–Crippen MR) is 98.1 cm³/mol. The van der Waals surface area contributed by atoms with Crippen LogP contribution in [0.3, 0.4) is 0 Å². The van der Waals surface area contributed by atoms with Crippen molar-refractivity contribution >= 4 is 23.4 Å². The number of carbonyl (C=O) groups is 1. The van der Waals surface area contributed by atoms with Gasteiger partial charge in [0, 0.05) is 23.0 Å². The van der Waals surface area contributed by atoms with E-state index in [9.17, 15) is 4.79 Å². The molecule has 0 saturated heterocycles. The van der Waals surface area contributed by atoms with E-state index in [-0.39, 0.29) is 5.41 Å². The van der Waals surface area contributed by atoms with E-state index in [1.54, 1.807) is 13.2 Å². The number of methoxy groups -OCH3 is 1. The number of hydrogen-bond donors (Lipinski definition) is 2. The first kappa shape index (κ1) is 17.6. The molecule has 4 nitrogen and oxygen atoms in total. The monoisotopic (exact) mass is 325 g/mol. The third-order valence-corrected chi connectivity index (χ3v) is 3.63. The Kier molecular flexibility index (Phi) is 5.29. The molecule has 0 spiro atoms. The Hall–Kier alpha value is -2.75. The van der Waals surface area contributed by atoms with Crippen molar-refractivity contribution in [2.24, 2.45) is 0 Å². The van der Waals surface area contributed by atoms with Gasteiger partial charge in [0.05, 0.1) is 7.11 Å². The smallest absolute Gasteiger partial charge is 0.328 e. The van der Waals surface area contributed by atoms with Gasteiger partial charge in [-0.1, -0.05) is 32.9 Å². The zero-order valence-corrected chi connectivity index (χ0v) is 14.5. The minimum atomic E-state index is -0.954. The van der Waals surface area contributed by atoms with Crippen LogP contribution < -0.4 is 10.1 Å². The normalized spacial score (nSPS) is 11.5. The van der Waals surface area contributed by atoms with Crippen LogP contribution in [0.4, 0.5) is 11.4 Å². The van der Waals surface area contributed by atoms with Crippen LogP contribution in [-0.4, -0.2) is 18.2 Å². The van der Waals surface area contributed by atoms with Crippen molar-refractivity contribution in [3.8, 4) is 5.75 Å². The lowest BCUT2D eigenvalue weighted by molar-refractivity contribution is -0.131. The fourth-order valence-electron chi connectivity index (χ4n) is 2.38. The summed E-state index contributed by atoms with van der Waals surface area (Å²) in [6.07, 6.45) is 2.69. The van der Waals surface area contributed by atoms with Gasteiger partial charge in [0.1, 0.15) is 5.75 Å². The maximum Gasteiger partial charge on any atom is 0.328 e. The molecule has 0 amide bonds. The Labute approximate surface area is 142 Å². The van der Waals surface area contributed by atoms with Gasteiger partial charge < -0.3 is 15.2 Å². The number of aliphatic carboxylic acids is 1. The van der Waals surface area contributed by atoms with E-state index in [4.69, 9.17) is 9.84 Å². The highest BCUT2D eigenvalue weighted by Crippen LogP contribution is 2.34. The third kappa shape index (κ3) is 4.62. The summed E-state index contributed by atoms with van der Waals surface area (Å²) in [7, 11) is 1.68. The second-order valence-corrected chi connectivity index (χ2v) is 6.58. The summed E-state index contributed by atoms with van der Waals surface area (Å²) in [5, 5.41) is 12.0. The summed E-state index contributed by atoms with van der Waals surface area (Å²) >= 11 is 0. The lowest BCUT2D eigenvalue weighted by Crippen LogP contribution is -2.13. The lowest BCUT2D eigenvalue weighted by Gasteiger charge is -2.23. The summed E-state index contributed by atoms with van der Waals surface area (Å²) in [5.74, 6) is -0.0765. The van der Waals surface area contributed by atoms with E-state index in [0.29, 0.717) is 0 Å². The molecular weight excluding hydrogens is 302 g/mol. The summed E-state index contributed by atoms with van der Waals surface area (Å²) < 4.78 is 5.46. The summed E-state index contributed by atoms with van der Waals surface area (Å²) in [6.45, 7) is 6.45. The van der Waals surface area contributed by atoms with E-state index in [1.165, 1.54) is 0 Å². The number of nitrogens with one attached hydrogen (secondary N) is 1. The number of ether oxygens (including phenoxy) is 1. The molecule has 0 fully saturated rings. The molecule has 0 aromatic heterocycles. The van der Waals surface area contributed by atoms with Crippen molar-refractivity contribution in [1.82, 2.24) is 0 Å². The van der Waals surface area contributed by atoms with Crippen molar-refractivity contribution in [3.05, 3.63) is 59.7 Å². The van der Waals surface area contributed by atoms with Gasteiger partial charge in [-0.25, -0.2) is 4.79 Å². The Balaban J connectivity index is 2.20.